The smallest absolute Gasteiger partial charge is 0.0484 e. The van der Waals surface area contributed by atoms with Crippen molar-refractivity contribution in [3.63, 3.8) is 0 Å². The Hall–Kier alpha value is -0.0500. The highest BCUT2D eigenvalue weighted by molar-refractivity contribution is 7.92. The summed E-state index contributed by atoms with van der Waals surface area (Å²) in [6, 6.07) is 0. The molecule has 1 heterocycles. The van der Waals surface area contributed by atoms with E-state index >= 15 is 0 Å². The Bertz CT molecular complexity index is 179. The van der Waals surface area contributed by atoms with Gasteiger partial charge in [0.25, 0.3) is 0 Å². The summed E-state index contributed by atoms with van der Waals surface area (Å²) in [5.74, 6) is 0.812. The van der Waals surface area contributed by atoms with Gasteiger partial charge in [0, 0.05) is 28.3 Å². The molecule has 2 nitrogen and oxygen atoms in total. The van der Waals surface area contributed by atoms with Crippen LogP contribution in [0.15, 0.2) is 4.36 Å². The van der Waals surface area contributed by atoms with E-state index < -0.39 is 9.73 Å². The first kappa shape index (κ1) is 6.08. The van der Waals surface area contributed by atoms with E-state index in [0.29, 0.717) is 0 Å². The normalized spacial score (nSPS) is 38.6. The van der Waals surface area contributed by atoms with Crippen LogP contribution in [-0.2, 0) is 9.73 Å². The maximum Gasteiger partial charge on any atom is 0.0484 e. The molecule has 1 rings (SSSR count). The average molecular weight is 133 g/mol. The quantitative estimate of drug-likeness (QED) is 0.482. The van der Waals surface area contributed by atoms with Crippen molar-refractivity contribution in [3.8, 4) is 0 Å². The first-order valence-electron chi connectivity index (χ1n) is 2.86. The fourth-order valence-electron chi connectivity index (χ4n) is 0.804. The molecule has 3 heteroatoms. The van der Waals surface area contributed by atoms with Crippen LogP contribution in [0.2, 0.25) is 0 Å². The summed E-state index contributed by atoms with van der Waals surface area (Å²) in [6.45, 7) is 0.815. The van der Waals surface area contributed by atoms with Crippen molar-refractivity contribution in [1.29, 1.82) is 0 Å². The SMILES string of the molecule is C[S@@]1(=O)=NCCCC1. The van der Waals surface area contributed by atoms with Crippen LogP contribution in [0.4, 0.5) is 0 Å². The molecule has 0 aromatic heterocycles. The van der Waals surface area contributed by atoms with Gasteiger partial charge in [0.1, 0.15) is 0 Å². The molecule has 0 fully saturated rings. The third-order valence-corrected chi connectivity index (χ3v) is 3.07. The van der Waals surface area contributed by atoms with Gasteiger partial charge in [-0.1, -0.05) is 0 Å². The largest absolute Gasteiger partial charge is 0.250 e. The molecule has 0 bridgehead atoms. The van der Waals surface area contributed by atoms with E-state index in [4.69, 9.17) is 0 Å². The van der Waals surface area contributed by atoms with Crippen molar-refractivity contribution in [1.82, 2.24) is 0 Å². The Morgan fingerprint density at radius 2 is 2.25 bits per heavy atom. The predicted molar refractivity (Wildman–Crippen MR) is 35.5 cm³/mol. The highest BCUT2D eigenvalue weighted by atomic mass is 32.2. The molecule has 0 radical (unpaired) electrons. The van der Waals surface area contributed by atoms with Gasteiger partial charge in [0.05, 0.1) is 0 Å². The number of hydrogen-bond donors (Lipinski definition) is 0. The van der Waals surface area contributed by atoms with Gasteiger partial charge < -0.3 is 0 Å². The van der Waals surface area contributed by atoms with Crippen LogP contribution < -0.4 is 0 Å². The van der Waals surface area contributed by atoms with Crippen molar-refractivity contribution in [2.24, 2.45) is 4.36 Å². The zero-order valence-corrected chi connectivity index (χ0v) is 5.91. The summed E-state index contributed by atoms with van der Waals surface area (Å²) in [6.07, 6.45) is 3.97. The van der Waals surface area contributed by atoms with Crippen molar-refractivity contribution < 1.29 is 4.21 Å². The topological polar surface area (TPSA) is 29.4 Å². The van der Waals surface area contributed by atoms with E-state index in [1.54, 1.807) is 6.26 Å². The minimum absolute atomic E-state index is 0.812. The molecule has 8 heavy (non-hydrogen) atoms. The van der Waals surface area contributed by atoms with Crippen LogP contribution in [0.25, 0.3) is 0 Å². The molecule has 1 aliphatic rings. The van der Waals surface area contributed by atoms with Gasteiger partial charge in [-0.25, -0.2) is 4.36 Å². The maximum absolute atomic E-state index is 11.0. The van der Waals surface area contributed by atoms with Crippen LogP contribution in [-0.4, -0.2) is 22.8 Å². The van der Waals surface area contributed by atoms with E-state index in [1.807, 2.05) is 0 Å². The zero-order chi connectivity index (χ0) is 6.04. The van der Waals surface area contributed by atoms with Crippen LogP contribution in [0.3, 0.4) is 0 Å². The Labute approximate surface area is 50.5 Å². The van der Waals surface area contributed by atoms with Gasteiger partial charge in [-0.3, -0.25) is 4.21 Å². The van der Waals surface area contributed by atoms with E-state index in [2.05, 4.69) is 4.36 Å². The lowest BCUT2D eigenvalue weighted by Gasteiger charge is -2.08. The fraction of sp³-hybridized carbons (Fsp3) is 1.00. The predicted octanol–water partition coefficient (Wildman–Crippen LogP) is 0.878. The van der Waals surface area contributed by atoms with Crippen molar-refractivity contribution in [2.45, 2.75) is 12.8 Å². The van der Waals surface area contributed by atoms with Gasteiger partial charge in [-0.2, -0.15) is 0 Å². The van der Waals surface area contributed by atoms with Gasteiger partial charge in [-0.15, -0.1) is 0 Å². The standard InChI is InChI=1S/C5H11NOS/c1-8(7)5-3-2-4-6-8/h2-5H2,1H3/t8-/m0/s1. The maximum atomic E-state index is 11.0. The zero-order valence-electron chi connectivity index (χ0n) is 5.09. The molecular formula is C5H11NOS. The molecule has 0 unspecified atom stereocenters. The van der Waals surface area contributed by atoms with E-state index in [-0.39, 0.29) is 0 Å². The number of rotatable bonds is 0. The van der Waals surface area contributed by atoms with Crippen molar-refractivity contribution in [2.75, 3.05) is 18.6 Å². The summed E-state index contributed by atoms with van der Waals surface area (Å²) >= 11 is 0. The lowest BCUT2D eigenvalue weighted by atomic mass is 10.3. The van der Waals surface area contributed by atoms with Crippen molar-refractivity contribution in [3.05, 3.63) is 0 Å². The number of nitrogens with zero attached hydrogens (tertiary/aromatic N) is 1. The molecule has 0 saturated carbocycles. The van der Waals surface area contributed by atoms with Gasteiger partial charge >= 0.3 is 0 Å². The Morgan fingerprint density at radius 3 is 2.50 bits per heavy atom. The highest BCUT2D eigenvalue weighted by Crippen LogP contribution is 2.05. The van der Waals surface area contributed by atoms with Crippen molar-refractivity contribution >= 4 is 9.73 Å². The molecule has 1 atom stereocenters. The minimum Gasteiger partial charge on any atom is -0.250 e. The first-order valence-corrected chi connectivity index (χ1v) is 4.95. The highest BCUT2D eigenvalue weighted by Gasteiger charge is 2.04. The van der Waals surface area contributed by atoms with Crippen LogP contribution in [0.1, 0.15) is 12.8 Å². The summed E-state index contributed by atoms with van der Waals surface area (Å²) in [4.78, 5) is 0. The van der Waals surface area contributed by atoms with Crippen LogP contribution >= 0.6 is 0 Å². The average Bonchev–Trinajstić information content (AvgIpc) is 1.65. The summed E-state index contributed by atoms with van der Waals surface area (Å²) in [5, 5.41) is 0. The third kappa shape index (κ3) is 1.47. The van der Waals surface area contributed by atoms with Crippen LogP contribution in [0, 0.1) is 0 Å². The molecule has 0 aromatic carbocycles. The van der Waals surface area contributed by atoms with E-state index in [1.165, 1.54) is 0 Å². The first-order chi connectivity index (χ1) is 3.71. The second kappa shape index (κ2) is 2.05. The van der Waals surface area contributed by atoms with Gasteiger partial charge in [0.2, 0.25) is 0 Å². The molecule has 0 aliphatic carbocycles. The summed E-state index contributed by atoms with van der Waals surface area (Å²) < 4.78 is 15.0. The summed E-state index contributed by atoms with van der Waals surface area (Å²) in [5.41, 5.74) is 0. The molecule has 0 N–H and O–H groups in total. The van der Waals surface area contributed by atoms with Crippen LogP contribution in [0.5, 0.6) is 0 Å². The van der Waals surface area contributed by atoms with Gasteiger partial charge in [0.15, 0.2) is 0 Å². The molecule has 48 valence electrons. The second-order valence-corrected chi connectivity index (χ2v) is 4.81. The number of hydrogen-bond acceptors (Lipinski definition) is 2. The van der Waals surface area contributed by atoms with Gasteiger partial charge in [-0.05, 0) is 12.8 Å². The second-order valence-electron chi connectivity index (χ2n) is 2.22. The molecule has 0 saturated heterocycles. The molecule has 0 spiro atoms. The molecule has 0 amide bonds. The monoisotopic (exact) mass is 133 g/mol. The molecule has 0 aromatic rings. The molecular weight excluding hydrogens is 122 g/mol. The third-order valence-electron chi connectivity index (χ3n) is 1.30. The lowest BCUT2D eigenvalue weighted by Crippen LogP contribution is -2.09. The fourth-order valence-corrected chi connectivity index (χ4v) is 2.19. The Balaban J connectivity index is 2.79. The van der Waals surface area contributed by atoms with E-state index in [0.717, 1.165) is 25.1 Å². The molecule has 1 aliphatic heterocycles. The Morgan fingerprint density at radius 1 is 1.50 bits per heavy atom. The van der Waals surface area contributed by atoms with E-state index in [9.17, 15) is 4.21 Å². The lowest BCUT2D eigenvalue weighted by molar-refractivity contribution is 0.663. The minimum atomic E-state index is -1.71. The Kier molecular flexibility index (Phi) is 1.56. The summed E-state index contributed by atoms with van der Waals surface area (Å²) in [7, 11) is -1.71.